The van der Waals surface area contributed by atoms with Gasteiger partial charge in [0.1, 0.15) is 5.82 Å². The average molecular weight is 213 g/mol. The topological polar surface area (TPSA) is 21.1 Å². The number of rotatable bonds is 5. The maximum Gasteiger partial charge on any atom is 0.122 e. The van der Waals surface area contributed by atoms with Crippen molar-refractivity contribution in [2.75, 3.05) is 19.3 Å². The summed E-state index contributed by atoms with van der Waals surface area (Å²) in [6.45, 7) is 4.18. The lowest BCUT2D eigenvalue weighted by Crippen LogP contribution is -2.26. The molecule has 0 radical (unpaired) electrons. The highest BCUT2D eigenvalue weighted by molar-refractivity contribution is 7.80. The van der Waals surface area contributed by atoms with E-state index in [1.165, 1.54) is 0 Å². The zero-order valence-electron chi connectivity index (χ0n) is 9.14. The number of aromatic nitrogens is 2. The molecule has 0 spiro atoms. The molecule has 1 aromatic heterocycles. The molecule has 0 fully saturated rings. The predicted molar refractivity (Wildman–Crippen MR) is 62.6 cm³/mol. The van der Waals surface area contributed by atoms with E-state index in [0.717, 1.165) is 24.7 Å². The Kier molecular flexibility index (Phi) is 4.48. The van der Waals surface area contributed by atoms with Gasteiger partial charge in [-0.25, -0.2) is 4.98 Å². The van der Waals surface area contributed by atoms with Crippen LogP contribution in [-0.2, 0) is 13.6 Å². The molecular weight excluding hydrogens is 194 g/mol. The molecule has 1 atom stereocenters. The summed E-state index contributed by atoms with van der Waals surface area (Å²) in [4.78, 5) is 6.57. The van der Waals surface area contributed by atoms with Gasteiger partial charge in [-0.05, 0) is 18.7 Å². The van der Waals surface area contributed by atoms with E-state index in [0.29, 0.717) is 5.92 Å². The van der Waals surface area contributed by atoms with Gasteiger partial charge in [0.25, 0.3) is 0 Å². The third kappa shape index (κ3) is 3.35. The molecule has 0 saturated carbocycles. The van der Waals surface area contributed by atoms with E-state index >= 15 is 0 Å². The monoisotopic (exact) mass is 213 g/mol. The highest BCUT2D eigenvalue weighted by atomic mass is 32.1. The summed E-state index contributed by atoms with van der Waals surface area (Å²) in [5.41, 5.74) is 0. The zero-order chi connectivity index (χ0) is 10.6. The van der Waals surface area contributed by atoms with Crippen molar-refractivity contribution in [1.82, 2.24) is 14.5 Å². The minimum absolute atomic E-state index is 0.628. The van der Waals surface area contributed by atoms with Crippen LogP contribution in [0.4, 0.5) is 0 Å². The smallest absolute Gasteiger partial charge is 0.122 e. The Morgan fingerprint density at radius 3 is 2.86 bits per heavy atom. The molecule has 1 unspecified atom stereocenters. The number of imidazole rings is 1. The Morgan fingerprint density at radius 1 is 1.64 bits per heavy atom. The van der Waals surface area contributed by atoms with E-state index in [1.54, 1.807) is 0 Å². The highest BCUT2D eigenvalue weighted by Gasteiger charge is 2.07. The third-order valence-electron chi connectivity index (χ3n) is 2.27. The lowest BCUT2D eigenvalue weighted by atomic mass is 10.2. The van der Waals surface area contributed by atoms with Gasteiger partial charge in [-0.15, -0.1) is 0 Å². The van der Waals surface area contributed by atoms with Crippen LogP contribution in [0.5, 0.6) is 0 Å². The standard InChI is InChI=1S/C10H19N3S/c1-9(8-14)6-12(2)7-10-11-4-5-13(10)3/h4-5,9,14H,6-8H2,1-3H3. The Labute approximate surface area is 91.5 Å². The molecule has 0 bridgehead atoms. The first-order chi connectivity index (χ1) is 6.63. The van der Waals surface area contributed by atoms with Gasteiger partial charge in [0.15, 0.2) is 0 Å². The van der Waals surface area contributed by atoms with Crippen molar-refractivity contribution in [2.45, 2.75) is 13.5 Å². The molecule has 0 aliphatic heterocycles. The molecule has 80 valence electrons. The molecular formula is C10H19N3S. The number of aryl methyl sites for hydroxylation is 1. The molecule has 1 rings (SSSR count). The summed E-state index contributed by atoms with van der Waals surface area (Å²) in [5.74, 6) is 2.67. The fourth-order valence-corrected chi connectivity index (χ4v) is 1.56. The fraction of sp³-hybridized carbons (Fsp3) is 0.700. The summed E-state index contributed by atoms with van der Waals surface area (Å²) in [7, 11) is 4.15. The first-order valence-corrected chi connectivity index (χ1v) is 5.52. The summed E-state index contributed by atoms with van der Waals surface area (Å²) in [5, 5.41) is 0. The van der Waals surface area contributed by atoms with Crippen molar-refractivity contribution in [3.63, 3.8) is 0 Å². The highest BCUT2D eigenvalue weighted by Crippen LogP contribution is 2.04. The second-order valence-corrected chi connectivity index (χ2v) is 4.30. The normalized spacial score (nSPS) is 13.5. The number of hydrogen-bond acceptors (Lipinski definition) is 3. The fourth-order valence-electron chi connectivity index (χ4n) is 1.44. The van der Waals surface area contributed by atoms with Crippen LogP contribution in [0.25, 0.3) is 0 Å². The summed E-state index contributed by atoms with van der Waals surface area (Å²) in [6.07, 6.45) is 3.82. The summed E-state index contributed by atoms with van der Waals surface area (Å²) >= 11 is 4.28. The van der Waals surface area contributed by atoms with Crippen molar-refractivity contribution in [3.8, 4) is 0 Å². The summed E-state index contributed by atoms with van der Waals surface area (Å²) < 4.78 is 2.06. The van der Waals surface area contributed by atoms with Crippen LogP contribution in [0.1, 0.15) is 12.7 Å². The predicted octanol–water partition coefficient (Wildman–Crippen LogP) is 1.42. The lowest BCUT2D eigenvalue weighted by Gasteiger charge is -2.19. The van der Waals surface area contributed by atoms with E-state index in [-0.39, 0.29) is 0 Å². The molecule has 0 saturated heterocycles. The van der Waals surface area contributed by atoms with Crippen molar-refractivity contribution >= 4 is 12.6 Å². The van der Waals surface area contributed by atoms with Crippen LogP contribution >= 0.6 is 12.6 Å². The molecule has 1 heterocycles. The largest absolute Gasteiger partial charge is 0.337 e. The first kappa shape index (κ1) is 11.6. The molecule has 1 aromatic rings. The Hall–Kier alpha value is -0.480. The van der Waals surface area contributed by atoms with E-state index in [9.17, 15) is 0 Å². The Morgan fingerprint density at radius 2 is 2.36 bits per heavy atom. The van der Waals surface area contributed by atoms with E-state index in [2.05, 4.69) is 41.1 Å². The van der Waals surface area contributed by atoms with Crippen LogP contribution in [0.3, 0.4) is 0 Å². The van der Waals surface area contributed by atoms with E-state index in [4.69, 9.17) is 0 Å². The van der Waals surface area contributed by atoms with E-state index in [1.807, 2.05) is 19.4 Å². The minimum Gasteiger partial charge on any atom is -0.337 e. The number of nitrogens with zero attached hydrogens (tertiary/aromatic N) is 3. The molecule has 0 aromatic carbocycles. The average Bonchev–Trinajstić information content (AvgIpc) is 2.51. The number of hydrogen-bond donors (Lipinski definition) is 1. The maximum absolute atomic E-state index is 4.29. The zero-order valence-corrected chi connectivity index (χ0v) is 10.0. The van der Waals surface area contributed by atoms with Crippen molar-refractivity contribution in [2.24, 2.45) is 13.0 Å². The van der Waals surface area contributed by atoms with Gasteiger partial charge in [0.2, 0.25) is 0 Å². The molecule has 0 aliphatic carbocycles. The first-order valence-electron chi connectivity index (χ1n) is 4.89. The molecule has 0 N–H and O–H groups in total. The Bertz CT molecular complexity index is 272. The lowest BCUT2D eigenvalue weighted by molar-refractivity contribution is 0.281. The van der Waals surface area contributed by atoms with Crippen LogP contribution < -0.4 is 0 Å². The van der Waals surface area contributed by atoms with Gasteiger partial charge >= 0.3 is 0 Å². The molecule has 0 amide bonds. The van der Waals surface area contributed by atoms with Crippen molar-refractivity contribution < 1.29 is 0 Å². The van der Waals surface area contributed by atoms with Crippen LogP contribution in [-0.4, -0.2) is 33.8 Å². The Balaban J connectivity index is 2.41. The van der Waals surface area contributed by atoms with Crippen LogP contribution in [0.15, 0.2) is 12.4 Å². The van der Waals surface area contributed by atoms with Crippen LogP contribution in [0.2, 0.25) is 0 Å². The molecule has 0 aliphatic rings. The van der Waals surface area contributed by atoms with E-state index < -0.39 is 0 Å². The van der Waals surface area contributed by atoms with Gasteiger partial charge in [-0.3, -0.25) is 4.90 Å². The van der Waals surface area contributed by atoms with Gasteiger partial charge in [0, 0.05) is 26.0 Å². The van der Waals surface area contributed by atoms with Crippen molar-refractivity contribution in [1.29, 1.82) is 0 Å². The minimum atomic E-state index is 0.628. The second-order valence-electron chi connectivity index (χ2n) is 3.94. The van der Waals surface area contributed by atoms with Gasteiger partial charge in [-0.1, -0.05) is 6.92 Å². The molecule has 4 heteroatoms. The van der Waals surface area contributed by atoms with Crippen LogP contribution in [0, 0.1) is 5.92 Å². The maximum atomic E-state index is 4.29. The molecule has 14 heavy (non-hydrogen) atoms. The van der Waals surface area contributed by atoms with Gasteiger partial charge in [-0.2, -0.15) is 12.6 Å². The number of thiol groups is 1. The third-order valence-corrected chi connectivity index (χ3v) is 2.89. The summed E-state index contributed by atoms with van der Waals surface area (Å²) in [6, 6.07) is 0. The van der Waals surface area contributed by atoms with Gasteiger partial charge in [0.05, 0.1) is 6.54 Å². The van der Waals surface area contributed by atoms with Gasteiger partial charge < -0.3 is 4.57 Å². The second kappa shape index (κ2) is 5.41. The SMILES string of the molecule is CC(CS)CN(C)Cc1nccn1C. The van der Waals surface area contributed by atoms with Crippen molar-refractivity contribution in [3.05, 3.63) is 18.2 Å². The quantitative estimate of drug-likeness (QED) is 0.747. The molecule has 3 nitrogen and oxygen atoms in total.